The molecular weight excluding hydrogens is 156 g/mol. The zero-order valence-corrected chi connectivity index (χ0v) is 6.58. The van der Waals surface area contributed by atoms with Crippen molar-refractivity contribution >= 4 is 5.91 Å². The number of imidazole rings is 1. The number of hydrogen-bond donors (Lipinski definition) is 2. The van der Waals surface area contributed by atoms with Crippen LogP contribution < -0.4 is 11.1 Å². The van der Waals surface area contributed by atoms with Crippen molar-refractivity contribution in [2.24, 2.45) is 5.73 Å². The molecule has 0 radical (unpaired) electrons. The highest BCUT2D eigenvalue weighted by Gasteiger charge is 2.15. The van der Waals surface area contributed by atoms with Gasteiger partial charge in [0.2, 0.25) is 0 Å². The summed E-state index contributed by atoms with van der Waals surface area (Å²) in [5, 5.41) is 3.16. The molecule has 64 valence electrons. The zero-order valence-electron chi connectivity index (χ0n) is 6.58. The molecule has 0 saturated heterocycles. The highest BCUT2D eigenvalue weighted by atomic mass is 16.1. The van der Waals surface area contributed by atoms with Gasteiger partial charge in [0.05, 0.1) is 12.7 Å². The molecule has 12 heavy (non-hydrogen) atoms. The first-order valence-electron chi connectivity index (χ1n) is 3.84. The molecule has 5 heteroatoms. The van der Waals surface area contributed by atoms with E-state index < -0.39 is 5.91 Å². The van der Waals surface area contributed by atoms with Gasteiger partial charge in [-0.2, -0.15) is 0 Å². The van der Waals surface area contributed by atoms with Crippen molar-refractivity contribution in [3.63, 3.8) is 0 Å². The van der Waals surface area contributed by atoms with Gasteiger partial charge in [-0.25, -0.2) is 4.98 Å². The predicted octanol–water partition coefficient (Wildman–Crippen LogP) is -0.915. The molecule has 0 bridgehead atoms. The van der Waals surface area contributed by atoms with Crippen LogP contribution in [0.4, 0.5) is 0 Å². The highest BCUT2D eigenvalue weighted by molar-refractivity contribution is 5.90. The number of nitrogens with zero attached hydrogens (tertiary/aromatic N) is 2. The van der Waals surface area contributed by atoms with Gasteiger partial charge in [0.15, 0.2) is 0 Å². The lowest BCUT2D eigenvalue weighted by molar-refractivity contribution is 0.0990. The van der Waals surface area contributed by atoms with Crippen LogP contribution in [0, 0.1) is 0 Å². The molecular formula is C7H10N4O. The van der Waals surface area contributed by atoms with Gasteiger partial charge in [-0.15, -0.1) is 0 Å². The van der Waals surface area contributed by atoms with Crippen LogP contribution in [0.1, 0.15) is 16.3 Å². The van der Waals surface area contributed by atoms with Gasteiger partial charge in [-0.05, 0) is 0 Å². The Morgan fingerprint density at radius 3 is 3.33 bits per heavy atom. The molecule has 2 rings (SSSR count). The fourth-order valence-electron chi connectivity index (χ4n) is 1.39. The number of rotatable bonds is 1. The number of nitrogens with two attached hydrogens (primary N) is 1. The first kappa shape index (κ1) is 7.30. The van der Waals surface area contributed by atoms with Crippen LogP contribution in [0.2, 0.25) is 0 Å². The minimum absolute atomic E-state index is 0.407. The topological polar surface area (TPSA) is 72.9 Å². The Balaban J connectivity index is 2.44. The molecule has 1 amide bonds. The molecule has 1 aromatic heterocycles. The molecule has 1 aliphatic rings. The molecule has 0 spiro atoms. The van der Waals surface area contributed by atoms with Gasteiger partial charge in [-0.1, -0.05) is 0 Å². The van der Waals surface area contributed by atoms with Gasteiger partial charge in [0.25, 0.3) is 5.91 Å². The van der Waals surface area contributed by atoms with E-state index in [4.69, 9.17) is 5.73 Å². The van der Waals surface area contributed by atoms with Gasteiger partial charge in [0, 0.05) is 13.1 Å². The Bertz CT molecular complexity index is 317. The van der Waals surface area contributed by atoms with Crippen LogP contribution in [0.3, 0.4) is 0 Å². The lowest BCUT2D eigenvalue weighted by atomic mass is 10.4. The summed E-state index contributed by atoms with van der Waals surface area (Å²) >= 11 is 0. The zero-order chi connectivity index (χ0) is 8.55. The number of aromatic nitrogens is 2. The second kappa shape index (κ2) is 2.60. The van der Waals surface area contributed by atoms with E-state index in [9.17, 15) is 4.79 Å². The van der Waals surface area contributed by atoms with E-state index in [0.717, 1.165) is 18.9 Å². The van der Waals surface area contributed by atoms with Crippen molar-refractivity contribution in [2.45, 2.75) is 13.1 Å². The molecule has 1 aliphatic heterocycles. The lowest BCUT2D eigenvalue weighted by Crippen LogP contribution is -2.30. The number of primary amides is 1. The highest BCUT2D eigenvalue weighted by Crippen LogP contribution is 2.07. The summed E-state index contributed by atoms with van der Waals surface area (Å²) < 4.78 is 1.86. The Morgan fingerprint density at radius 1 is 1.75 bits per heavy atom. The van der Waals surface area contributed by atoms with E-state index in [1.807, 2.05) is 4.57 Å². The van der Waals surface area contributed by atoms with Gasteiger partial charge < -0.3 is 15.6 Å². The van der Waals surface area contributed by atoms with Crippen LogP contribution in [-0.2, 0) is 13.1 Å². The van der Waals surface area contributed by atoms with E-state index in [1.165, 1.54) is 6.20 Å². The fraction of sp³-hybridized carbons (Fsp3) is 0.429. The third-order valence-electron chi connectivity index (χ3n) is 1.99. The molecule has 0 aliphatic carbocycles. The average Bonchev–Trinajstić information content (AvgIpc) is 2.47. The first-order valence-corrected chi connectivity index (χ1v) is 3.84. The maximum Gasteiger partial charge on any atom is 0.266 e. The Kier molecular flexibility index (Phi) is 1.58. The standard InChI is InChI=1S/C7H10N4O/c8-7(12)5-3-10-6-4-9-1-2-11(5)6/h3,9H,1-2,4H2,(H2,8,12). The number of carbonyl (C=O) groups is 1. The molecule has 1 aromatic rings. The first-order chi connectivity index (χ1) is 5.79. The largest absolute Gasteiger partial charge is 0.364 e. The van der Waals surface area contributed by atoms with Crippen LogP contribution in [0.25, 0.3) is 0 Å². The SMILES string of the molecule is NC(=O)c1cnc2n1CCNC2. The Labute approximate surface area is 69.6 Å². The maximum absolute atomic E-state index is 10.9. The maximum atomic E-state index is 10.9. The number of fused-ring (bicyclic) bond motifs is 1. The van der Waals surface area contributed by atoms with E-state index in [0.29, 0.717) is 12.2 Å². The number of hydrogen-bond acceptors (Lipinski definition) is 3. The molecule has 0 fully saturated rings. The summed E-state index contributed by atoms with van der Waals surface area (Å²) in [6.07, 6.45) is 1.53. The normalized spacial score (nSPS) is 15.7. The van der Waals surface area contributed by atoms with Crippen molar-refractivity contribution in [3.8, 4) is 0 Å². The molecule has 3 N–H and O–H groups in total. The number of nitrogens with one attached hydrogen (secondary N) is 1. The van der Waals surface area contributed by atoms with Crippen molar-refractivity contribution in [2.75, 3.05) is 6.54 Å². The second-order valence-electron chi connectivity index (χ2n) is 2.75. The smallest absolute Gasteiger partial charge is 0.266 e. The summed E-state index contributed by atoms with van der Waals surface area (Å²) in [6.45, 7) is 2.35. The summed E-state index contributed by atoms with van der Waals surface area (Å²) in [5.74, 6) is 0.478. The summed E-state index contributed by atoms with van der Waals surface area (Å²) in [6, 6.07) is 0. The third-order valence-corrected chi connectivity index (χ3v) is 1.99. The molecule has 0 saturated carbocycles. The Morgan fingerprint density at radius 2 is 2.58 bits per heavy atom. The minimum Gasteiger partial charge on any atom is -0.364 e. The molecule has 2 heterocycles. The number of carbonyl (C=O) groups excluding carboxylic acids is 1. The van der Waals surface area contributed by atoms with Gasteiger partial charge in [0.1, 0.15) is 11.5 Å². The van der Waals surface area contributed by atoms with Crippen molar-refractivity contribution < 1.29 is 4.79 Å². The molecule has 0 atom stereocenters. The van der Waals surface area contributed by atoms with Gasteiger partial charge >= 0.3 is 0 Å². The lowest BCUT2D eigenvalue weighted by Gasteiger charge is -2.16. The van der Waals surface area contributed by atoms with E-state index in [1.54, 1.807) is 0 Å². The average molecular weight is 166 g/mol. The van der Waals surface area contributed by atoms with E-state index in [-0.39, 0.29) is 0 Å². The van der Waals surface area contributed by atoms with Gasteiger partial charge in [-0.3, -0.25) is 4.79 Å². The third kappa shape index (κ3) is 0.984. The van der Waals surface area contributed by atoms with Crippen molar-refractivity contribution in [1.29, 1.82) is 0 Å². The minimum atomic E-state index is -0.407. The van der Waals surface area contributed by atoms with Crippen molar-refractivity contribution in [3.05, 3.63) is 17.7 Å². The Hall–Kier alpha value is -1.36. The predicted molar refractivity (Wildman–Crippen MR) is 42.5 cm³/mol. The molecule has 0 aromatic carbocycles. The molecule has 0 unspecified atom stereocenters. The van der Waals surface area contributed by atoms with Crippen LogP contribution in [0.5, 0.6) is 0 Å². The van der Waals surface area contributed by atoms with E-state index in [2.05, 4.69) is 10.3 Å². The fourth-order valence-corrected chi connectivity index (χ4v) is 1.39. The summed E-state index contributed by atoms with van der Waals surface area (Å²) in [5.41, 5.74) is 5.67. The summed E-state index contributed by atoms with van der Waals surface area (Å²) in [4.78, 5) is 15.0. The van der Waals surface area contributed by atoms with Crippen LogP contribution in [-0.4, -0.2) is 22.0 Å². The number of amides is 1. The second-order valence-corrected chi connectivity index (χ2v) is 2.75. The quantitative estimate of drug-likeness (QED) is 0.567. The van der Waals surface area contributed by atoms with Crippen molar-refractivity contribution in [1.82, 2.24) is 14.9 Å². The van der Waals surface area contributed by atoms with Crippen LogP contribution >= 0.6 is 0 Å². The monoisotopic (exact) mass is 166 g/mol. The van der Waals surface area contributed by atoms with E-state index >= 15 is 0 Å². The summed E-state index contributed by atoms with van der Waals surface area (Å²) in [7, 11) is 0. The van der Waals surface area contributed by atoms with Crippen LogP contribution in [0.15, 0.2) is 6.20 Å². The molecule has 5 nitrogen and oxygen atoms in total.